The molecule has 2 atom stereocenters. The smallest absolute Gasteiger partial charge is 0.255 e. The molecule has 2 heterocycles. The molecule has 0 radical (unpaired) electrons. The van der Waals surface area contributed by atoms with Crippen LogP contribution in [0.5, 0.6) is 0 Å². The van der Waals surface area contributed by atoms with Crippen LogP contribution in [0, 0.1) is 11.2 Å². The second-order valence-corrected chi connectivity index (χ2v) is 7.68. The van der Waals surface area contributed by atoms with Crippen molar-refractivity contribution in [2.75, 3.05) is 33.2 Å². The Morgan fingerprint density at radius 3 is 2.81 bits per heavy atom. The van der Waals surface area contributed by atoms with Crippen LogP contribution in [0.1, 0.15) is 36.5 Å². The van der Waals surface area contributed by atoms with E-state index in [1.165, 1.54) is 12.1 Å². The molecule has 7 heteroatoms. The number of benzene rings is 1. The Kier molecular flexibility index (Phi) is 5.53. The molecule has 142 valence electrons. The van der Waals surface area contributed by atoms with E-state index >= 15 is 0 Å². The van der Waals surface area contributed by atoms with E-state index < -0.39 is 11.2 Å². The predicted molar refractivity (Wildman–Crippen MR) is 98.7 cm³/mol. The summed E-state index contributed by atoms with van der Waals surface area (Å²) in [6.45, 7) is 4.52. The highest BCUT2D eigenvalue weighted by molar-refractivity contribution is 6.33. The molecule has 0 aromatic heterocycles. The molecule has 1 aromatic carbocycles. The average molecular weight is 382 g/mol. The fourth-order valence-electron chi connectivity index (χ4n) is 4.30. The number of piperidine rings is 2. The molecule has 0 spiro atoms. The van der Waals surface area contributed by atoms with Gasteiger partial charge in [-0.1, -0.05) is 11.6 Å². The largest absolute Gasteiger partial charge is 0.356 e. The Bertz CT molecular complexity index is 714. The monoisotopic (exact) mass is 381 g/mol. The third kappa shape index (κ3) is 3.32. The minimum Gasteiger partial charge on any atom is -0.356 e. The van der Waals surface area contributed by atoms with E-state index in [1.807, 2.05) is 14.0 Å². The van der Waals surface area contributed by atoms with Crippen LogP contribution in [0.25, 0.3) is 0 Å². The molecule has 3 rings (SSSR count). The lowest BCUT2D eigenvalue weighted by Crippen LogP contribution is -2.66. The van der Waals surface area contributed by atoms with Crippen molar-refractivity contribution in [3.8, 4) is 0 Å². The van der Waals surface area contributed by atoms with E-state index in [1.54, 1.807) is 4.90 Å². The number of likely N-dealkylation sites (tertiary alicyclic amines) is 2. The topological polar surface area (TPSA) is 52.7 Å². The zero-order valence-electron chi connectivity index (χ0n) is 15.2. The van der Waals surface area contributed by atoms with Crippen LogP contribution in [0.4, 0.5) is 4.39 Å². The summed E-state index contributed by atoms with van der Waals surface area (Å²) in [6, 6.07) is 3.61. The van der Waals surface area contributed by atoms with Gasteiger partial charge in [-0.25, -0.2) is 4.39 Å². The zero-order chi connectivity index (χ0) is 18.9. The van der Waals surface area contributed by atoms with Gasteiger partial charge in [-0.15, -0.1) is 0 Å². The molecule has 2 aliphatic heterocycles. The molecule has 0 unspecified atom stereocenters. The fourth-order valence-corrected chi connectivity index (χ4v) is 4.55. The summed E-state index contributed by atoms with van der Waals surface area (Å²) in [5.41, 5.74) is -0.281. The Morgan fingerprint density at radius 1 is 1.35 bits per heavy atom. The zero-order valence-corrected chi connectivity index (χ0v) is 16.0. The molecular formula is C19H25ClFN3O2. The highest BCUT2D eigenvalue weighted by Crippen LogP contribution is 2.43. The summed E-state index contributed by atoms with van der Waals surface area (Å²) in [4.78, 5) is 30.0. The second-order valence-electron chi connectivity index (χ2n) is 7.27. The minimum absolute atomic E-state index is 0.0285. The quantitative estimate of drug-likeness (QED) is 0.875. The van der Waals surface area contributed by atoms with Crippen molar-refractivity contribution < 1.29 is 14.0 Å². The number of hydrogen-bond donors (Lipinski definition) is 1. The Morgan fingerprint density at radius 2 is 2.12 bits per heavy atom. The van der Waals surface area contributed by atoms with Gasteiger partial charge in [-0.2, -0.15) is 0 Å². The van der Waals surface area contributed by atoms with E-state index in [0.717, 1.165) is 31.9 Å². The molecule has 5 nitrogen and oxygen atoms in total. The Balaban J connectivity index is 1.96. The molecule has 2 saturated heterocycles. The van der Waals surface area contributed by atoms with Crippen molar-refractivity contribution in [3.63, 3.8) is 0 Å². The van der Waals surface area contributed by atoms with Gasteiger partial charge in [0.05, 0.1) is 22.0 Å². The number of nitrogens with zero attached hydrogens (tertiary/aromatic N) is 2. The standard InChI is InChI=1S/C19H25ClFN3O2/c1-3-22-18(26)19-7-4-9-24(16(19)12-23(2)10-8-19)17(25)14-6-5-13(21)11-15(14)20/h5-6,11,16H,3-4,7-10,12H2,1-2H3,(H,22,26)/t16-,19+/m0/s1. The van der Waals surface area contributed by atoms with Crippen molar-refractivity contribution in [2.24, 2.45) is 5.41 Å². The van der Waals surface area contributed by atoms with Gasteiger partial charge in [-0.3, -0.25) is 9.59 Å². The first kappa shape index (κ1) is 19.1. The van der Waals surface area contributed by atoms with E-state index in [4.69, 9.17) is 11.6 Å². The molecule has 0 bridgehead atoms. The maximum atomic E-state index is 13.4. The molecule has 2 fully saturated rings. The fraction of sp³-hybridized carbons (Fsp3) is 0.579. The van der Waals surface area contributed by atoms with Crippen LogP contribution >= 0.6 is 11.6 Å². The van der Waals surface area contributed by atoms with Gasteiger partial charge in [0.1, 0.15) is 5.82 Å². The lowest BCUT2D eigenvalue weighted by atomic mass is 9.67. The lowest BCUT2D eigenvalue weighted by Gasteiger charge is -2.53. The summed E-state index contributed by atoms with van der Waals surface area (Å²) in [7, 11) is 2.00. The summed E-state index contributed by atoms with van der Waals surface area (Å²) in [5.74, 6) is -0.677. The summed E-state index contributed by atoms with van der Waals surface area (Å²) >= 11 is 6.12. The van der Waals surface area contributed by atoms with Gasteiger partial charge < -0.3 is 15.1 Å². The Hall–Kier alpha value is -1.66. The lowest BCUT2D eigenvalue weighted by molar-refractivity contribution is -0.142. The number of nitrogens with one attached hydrogen (secondary N) is 1. The van der Waals surface area contributed by atoms with Crippen molar-refractivity contribution in [3.05, 3.63) is 34.6 Å². The molecule has 0 saturated carbocycles. The number of rotatable bonds is 3. The van der Waals surface area contributed by atoms with Gasteiger partial charge in [0.15, 0.2) is 0 Å². The van der Waals surface area contributed by atoms with Crippen LogP contribution in [-0.2, 0) is 4.79 Å². The van der Waals surface area contributed by atoms with Crippen molar-refractivity contribution in [1.82, 2.24) is 15.1 Å². The van der Waals surface area contributed by atoms with Crippen molar-refractivity contribution in [2.45, 2.75) is 32.2 Å². The number of carbonyl (C=O) groups is 2. The molecule has 2 aliphatic rings. The van der Waals surface area contributed by atoms with Crippen LogP contribution < -0.4 is 5.32 Å². The van der Waals surface area contributed by atoms with Gasteiger partial charge >= 0.3 is 0 Å². The number of fused-ring (bicyclic) bond motifs is 1. The van der Waals surface area contributed by atoms with Gasteiger partial charge in [0.2, 0.25) is 5.91 Å². The minimum atomic E-state index is -0.567. The van der Waals surface area contributed by atoms with Gasteiger partial charge in [0.25, 0.3) is 5.91 Å². The number of hydrogen-bond acceptors (Lipinski definition) is 3. The number of halogens is 2. The average Bonchev–Trinajstić information content (AvgIpc) is 2.61. The summed E-state index contributed by atoms with van der Waals surface area (Å²) in [6.07, 6.45) is 2.26. The molecule has 1 N–H and O–H groups in total. The predicted octanol–water partition coefficient (Wildman–Crippen LogP) is 2.54. The van der Waals surface area contributed by atoms with Crippen molar-refractivity contribution >= 4 is 23.4 Å². The summed E-state index contributed by atoms with van der Waals surface area (Å²) < 4.78 is 13.4. The van der Waals surface area contributed by atoms with E-state index in [9.17, 15) is 14.0 Å². The SMILES string of the molecule is CCNC(=O)[C@@]12CCCN(C(=O)c3ccc(F)cc3Cl)[C@H]1CN(C)CC2. The molecule has 2 amide bonds. The normalized spacial score (nSPS) is 26.3. The molecule has 26 heavy (non-hydrogen) atoms. The maximum Gasteiger partial charge on any atom is 0.255 e. The van der Waals surface area contributed by atoms with Crippen LogP contribution in [-0.4, -0.2) is 60.9 Å². The molecule has 1 aromatic rings. The van der Waals surface area contributed by atoms with Crippen molar-refractivity contribution in [1.29, 1.82) is 0 Å². The Labute approximate surface area is 158 Å². The summed E-state index contributed by atoms with van der Waals surface area (Å²) in [5, 5.41) is 3.07. The number of likely N-dealkylation sites (N-methyl/N-ethyl adjacent to an activating group) is 1. The molecule has 0 aliphatic carbocycles. The van der Waals surface area contributed by atoms with Crippen LogP contribution in [0.3, 0.4) is 0 Å². The molecular weight excluding hydrogens is 357 g/mol. The van der Waals surface area contributed by atoms with Crippen LogP contribution in [0.15, 0.2) is 18.2 Å². The van der Waals surface area contributed by atoms with E-state index in [0.29, 0.717) is 19.6 Å². The van der Waals surface area contributed by atoms with Crippen LogP contribution in [0.2, 0.25) is 5.02 Å². The highest BCUT2D eigenvalue weighted by Gasteiger charge is 2.53. The number of amides is 2. The van der Waals surface area contributed by atoms with Gasteiger partial charge in [-0.05, 0) is 58.0 Å². The first-order valence-electron chi connectivity index (χ1n) is 9.12. The maximum absolute atomic E-state index is 13.4. The van der Waals surface area contributed by atoms with E-state index in [-0.39, 0.29) is 28.4 Å². The second kappa shape index (κ2) is 7.53. The third-order valence-electron chi connectivity index (χ3n) is 5.67. The van der Waals surface area contributed by atoms with Gasteiger partial charge in [0, 0.05) is 19.6 Å². The number of carbonyl (C=O) groups excluding carboxylic acids is 2. The van der Waals surface area contributed by atoms with E-state index in [2.05, 4.69) is 10.2 Å². The highest BCUT2D eigenvalue weighted by atomic mass is 35.5. The first-order valence-corrected chi connectivity index (χ1v) is 9.49. The first-order chi connectivity index (χ1) is 12.4. The third-order valence-corrected chi connectivity index (χ3v) is 5.98.